The van der Waals surface area contributed by atoms with Gasteiger partial charge in [0.2, 0.25) is 5.95 Å². The van der Waals surface area contributed by atoms with Crippen molar-refractivity contribution in [3.63, 3.8) is 0 Å². The second-order valence-corrected chi connectivity index (χ2v) is 4.50. The van der Waals surface area contributed by atoms with Gasteiger partial charge in [-0.1, -0.05) is 0 Å². The molecule has 2 saturated carbocycles. The lowest BCUT2D eigenvalue weighted by atomic mass is 10.2. The number of rotatable bonds is 4. The molecule has 2 fully saturated rings. The standard InChI is InChI=1S/C11H13N3O2/c15-10(16)9-5-8(6-1-2-6)13-11(14-9)12-7-3-4-7/h5-7H,1-4H2,(H,15,16)(H,12,13,14). The van der Waals surface area contributed by atoms with Crippen LogP contribution in [0.15, 0.2) is 6.07 Å². The molecule has 5 heteroatoms. The lowest BCUT2D eigenvalue weighted by Gasteiger charge is -2.06. The van der Waals surface area contributed by atoms with E-state index in [9.17, 15) is 4.79 Å². The Hall–Kier alpha value is -1.65. The highest BCUT2D eigenvalue weighted by atomic mass is 16.4. The number of nitrogens with one attached hydrogen (secondary N) is 1. The topological polar surface area (TPSA) is 75.1 Å². The van der Waals surface area contributed by atoms with Crippen LogP contribution < -0.4 is 5.32 Å². The van der Waals surface area contributed by atoms with E-state index in [0.29, 0.717) is 17.9 Å². The van der Waals surface area contributed by atoms with E-state index in [1.165, 1.54) is 0 Å². The van der Waals surface area contributed by atoms with Gasteiger partial charge in [-0.25, -0.2) is 14.8 Å². The van der Waals surface area contributed by atoms with Gasteiger partial charge in [-0.3, -0.25) is 0 Å². The third kappa shape index (κ3) is 1.98. The fourth-order valence-corrected chi connectivity index (χ4v) is 1.64. The van der Waals surface area contributed by atoms with Crippen LogP contribution in [0.5, 0.6) is 0 Å². The lowest BCUT2D eigenvalue weighted by Crippen LogP contribution is -2.11. The molecule has 1 heterocycles. The van der Waals surface area contributed by atoms with Gasteiger partial charge in [0, 0.05) is 17.7 Å². The normalized spacial score (nSPS) is 19.5. The zero-order valence-electron chi connectivity index (χ0n) is 8.81. The third-order valence-corrected chi connectivity index (χ3v) is 2.87. The van der Waals surface area contributed by atoms with Crippen molar-refractivity contribution < 1.29 is 9.90 Å². The van der Waals surface area contributed by atoms with Crippen molar-refractivity contribution >= 4 is 11.9 Å². The van der Waals surface area contributed by atoms with E-state index in [2.05, 4.69) is 15.3 Å². The molecule has 0 radical (unpaired) electrons. The van der Waals surface area contributed by atoms with E-state index in [4.69, 9.17) is 5.11 Å². The molecule has 0 aromatic carbocycles. The van der Waals surface area contributed by atoms with Gasteiger partial charge in [-0.05, 0) is 31.7 Å². The van der Waals surface area contributed by atoms with Crippen LogP contribution in [0.25, 0.3) is 0 Å². The minimum absolute atomic E-state index is 0.0973. The second kappa shape index (κ2) is 3.43. The maximum Gasteiger partial charge on any atom is 0.354 e. The van der Waals surface area contributed by atoms with Crippen LogP contribution in [0.1, 0.15) is 47.8 Å². The Bertz CT molecular complexity index is 439. The van der Waals surface area contributed by atoms with Crippen molar-refractivity contribution in [1.82, 2.24) is 9.97 Å². The molecule has 3 rings (SSSR count). The monoisotopic (exact) mass is 219 g/mol. The Morgan fingerprint density at radius 1 is 1.31 bits per heavy atom. The van der Waals surface area contributed by atoms with Gasteiger partial charge in [0.15, 0.2) is 5.69 Å². The molecular weight excluding hydrogens is 206 g/mol. The molecule has 0 aliphatic heterocycles. The van der Waals surface area contributed by atoms with Crippen molar-refractivity contribution in [3.05, 3.63) is 17.5 Å². The van der Waals surface area contributed by atoms with E-state index in [1.54, 1.807) is 6.07 Å². The summed E-state index contributed by atoms with van der Waals surface area (Å²) in [6, 6.07) is 2.04. The van der Waals surface area contributed by atoms with Crippen molar-refractivity contribution in [3.8, 4) is 0 Å². The molecule has 2 aliphatic carbocycles. The number of carboxylic acid groups (broad SMARTS) is 1. The number of aromatic nitrogens is 2. The van der Waals surface area contributed by atoms with Gasteiger partial charge in [-0.2, -0.15) is 0 Å². The van der Waals surface area contributed by atoms with E-state index in [0.717, 1.165) is 31.4 Å². The van der Waals surface area contributed by atoms with Crippen LogP contribution in [0.2, 0.25) is 0 Å². The summed E-state index contributed by atoms with van der Waals surface area (Å²) < 4.78 is 0. The van der Waals surface area contributed by atoms with Crippen molar-refractivity contribution in [2.24, 2.45) is 0 Å². The molecule has 0 saturated heterocycles. The van der Waals surface area contributed by atoms with Crippen molar-refractivity contribution in [2.75, 3.05) is 5.32 Å². The quantitative estimate of drug-likeness (QED) is 0.804. The predicted molar refractivity (Wildman–Crippen MR) is 57.6 cm³/mol. The summed E-state index contributed by atoms with van der Waals surface area (Å²) in [5.41, 5.74) is 0.968. The number of hydrogen-bond donors (Lipinski definition) is 2. The maximum atomic E-state index is 10.9. The average molecular weight is 219 g/mol. The van der Waals surface area contributed by atoms with Crippen molar-refractivity contribution in [2.45, 2.75) is 37.6 Å². The summed E-state index contributed by atoms with van der Waals surface area (Å²) in [6.07, 6.45) is 4.47. The summed E-state index contributed by atoms with van der Waals surface area (Å²) >= 11 is 0. The first-order valence-corrected chi connectivity index (χ1v) is 5.61. The number of hydrogen-bond acceptors (Lipinski definition) is 4. The molecule has 0 amide bonds. The summed E-state index contributed by atoms with van der Waals surface area (Å²) in [7, 11) is 0. The first-order valence-electron chi connectivity index (χ1n) is 5.61. The van der Waals surface area contributed by atoms with Gasteiger partial charge in [0.05, 0.1) is 0 Å². The smallest absolute Gasteiger partial charge is 0.354 e. The van der Waals surface area contributed by atoms with Crippen LogP contribution in [-0.2, 0) is 0 Å². The molecule has 1 aromatic heterocycles. The van der Waals surface area contributed by atoms with Gasteiger partial charge in [0.1, 0.15) is 0 Å². The molecule has 0 bridgehead atoms. The third-order valence-electron chi connectivity index (χ3n) is 2.87. The SMILES string of the molecule is O=C(O)c1cc(C2CC2)nc(NC2CC2)n1. The number of carboxylic acids is 1. The van der Waals surface area contributed by atoms with Crippen LogP contribution >= 0.6 is 0 Å². The van der Waals surface area contributed by atoms with Gasteiger partial charge >= 0.3 is 5.97 Å². The summed E-state index contributed by atoms with van der Waals surface area (Å²) in [6.45, 7) is 0. The first-order chi connectivity index (χ1) is 7.72. The number of nitrogens with zero attached hydrogens (tertiary/aromatic N) is 2. The highest BCUT2D eigenvalue weighted by molar-refractivity contribution is 5.85. The van der Waals surface area contributed by atoms with Gasteiger partial charge in [0.25, 0.3) is 0 Å². The highest BCUT2D eigenvalue weighted by Gasteiger charge is 2.28. The largest absolute Gasteiger partial charge is 0.477 e. The Kier molecular flexibility index (Phi) is 2.05. The Labute approximate surface area is 92.9 Å². The molecule has 5 nitrogen and oxygen atoms in total. The second-order valence-electron chi connectivity index (χ2n) is 4.50. The van der Waals surface area contributed by atoms with E-state index in [1.807, 2.05) is 0 Å². The van der Waals surface area contributed by atoms with Crippen LogP contribution in [-0.4, -0.2) is 27.1 Å². The van der Waals surface area contributed by atoms with E-state index in [-0.39, 0.29) is 5.69 Å². The molecule has 2 aliphatic rings. The first kappa shape index (κ1) is 9.57. The van der Waals surface area contributed by atoms with Crippen LogP contribution in [0.4, 0.5) is 5.95 Å². The molecule has 84 valence electrons. The Balaban J connectivity index is 1.91. The van der Waals surface area contributed by atoms with Crippen molar-refractivity contribution in [1.29, 1.82) is 0 Å². The zero-order valence-corrected chi connectivity index (χ0v) is 8.81. The molecule has 2 N–H and O–H groups in total. The number of carbonyl (C=O) groups is 1. The molecule has 0 spiro atoms. The number of aromatic carboxylic acids is 1. The van der Waals surface area contributed by atoms with Gasteiger partial charge < -0.3 is 10.4 Å². The highest BCUT2D eigenvalue weighted by Crippen LogP contribution is 2.39. The fourth-order valence-electron chi connectivity index (χ4n) is 1.64. The Morgan fingerprint density at radius 3 is 2.62 bits per heavy atom. The zero-order chi connectivity index (χ0) is 11.1. The minimum Gasteiger partial charge on any atom is -0.477 e. The average Bonchev–Trinajstić information content (AvgIpc) is 3.11. The van der Waals surface area contributed by atoms with Gasteiger partial charge in [-0.15, -0.1) is 0 Å². The Morgan fingerprint density at radius 2 is 2.06 bits per heavy atom. The molecule has 16 heavy (non-hydrogen) atoms. The molecule has 0 unspecified atom stereocenters. The molecule has 0 atom stereocenters. The molecular formula is C11H13N3O2. The molecule has 1 aromatic rings. The lowest BCUT2D eigenvalue weighted by molar-refractivity contribution is 0.0690. The van der Waals surface area contributed by atoms with Crippen LogP contribution in [0, 0.1) is 0 Å². The predicted octanol–water partition coefficient (Wildman–Crippen LogP) is 1.63. The maximum absolute atomic E-state index is 10.9. The summed E-state index contributed by atoms with van der Waals surface area (Å²) in [5, 5.41) is 12.1. The van der Waals surface area contributed by atoms with E-state index >= 15 is 0 Å². The number of anilines is 1. The van der Waals surface area contributed by atoms with E-state index < -0.39 is 5.97 Å². The minimum atomic E-state index is -0.983. The fraction of sp³-hybridized carbons (Fsp3) is 0.545. The van der Waals surface area contributed by atoms with Crippen LogP contribution in [0.3, 0.4) is 0 Å². The summed E-state index contributed by atoms with van der Waals surface area (Å²) in [5.74, 6) is -0.0618. The summed E-state index contributed by atoms with van der Waals surface area (Å²) in [4.78, 5) is 19.3.